The van der Waals surface area contributed by atoms with E-state index in [1.807, 2.05) is 76.5 Å². The van der Waals surface area contributed by atoms with E-state index < -0.39 is 11.9 Å². The summed E-state index contributed by atoms with van der Waals surface area (Å²) in [6, 6.07) is 15.8. The predicted octanol–water partition coefficient (Wildman–Crippen LogP) is 6.58. The van der Waals surface area contributed by atoms with Crippen LogP contribution in [-0.4, -0.2) is 65.1 Å². The van der Waals surface area contributed by atoms with Crippen LogP contribution in [0.3, 0.4) is 0 Å². The van der Waals surface area contributed by atoms with Crippen molar-refractivity contribution >= 4 is 17.5 Å². The van der Waals surface area contributed by atoms with E-state index in [0.717, 1.165) is 47.9 Å². The average Bonchev–Trinajstić information content (AvgIpc) is 3.97. The molecule has 1 heterocycles. The molecule has 0 radical (unpaired) electrons. The van der Waals surface area contributed by atoms with Gasteiger partial charge in [-0.15, -0.1) is 5.11 Å². The summed E-state index contributed by atoms with van der Waals surface area (Å²) in [6.07, 6.45) is 7.44. The Morgan fingerprint density at radius 3 is 2.09 bits per heavy atom. The van der Waals surface area contributed by atoms with E-state index in [1.54, 1.807) is 35.8 Å². The Morgan fingerprint density at radius 2 is 1.55 bits per heavy atom. The van der Waals surface area contributed by atoms with Gasteiger partial charge in [-0.2, -0.15) is 10.2 Å². The summed E-state index contributed by atoms with van der Waals surface area (Å²) in [6.45, 7) is 7.82. The molecular weight excluding hydrogens is 598 g/mol. The molecule has 0 spiro atoms. The quantitative estimate of drug-likeness (QED) is 0.0816. The molecular formula is C36H43N5O6. The maximum Gasteiger partial charge on any atom is 0.362 e. The molecule has 248 valence electrons. The van der Waals surface area contributed by atoms with Gasteiger partial charge in [0.25, 0.3) is 0 Å². The minimum Gasteiger partial charge on any atom is -0.505 e. The molecule has 0 saturated heterocycles. The zero-order chi connectivity index (χ0) is 34.1. The maximum absolute atomic E-state index is 12.6. The van der Waals surface area contributed by atoms with Crippen molar-refractivity contribution in [2.45, 2.75) is 65.5 Å². The number of allylic oxidation sites excluding steroid dienone is 1. The number of hydrogen-bond acceptors (Lipinski definition) is 10. The number of aliphatic hydroxyl groups is 1. The first-order valence-corrected chi connectivity index (χ1v) is 15.9. The van der Waals surface area contributed by atoms with E-state index >= 15 is 0 Å². The Hall–Kier alpha value is -5.06. The summed E-state index contributed by atoms with van der Waals surface area (Å²) >= 11 is 0. The fraction of sp³-hybridized carbons (Fsp3) is 0.389. The molecule has 0 unspecified atom stereocenters. The van der Waals surface area contributed by atoms with Crippen molar-refractivity contribution in [2.75, 3.05) is 27.3 Å². The summed E-state index contributed by atoms with van der Waals surface area (Å²) in [5.74, 6) is -1.57. The fourth-order valence-electron chi connectivity index (χ4n) is 4.41. The lowest BCUT2D eigenvalue weighted by molar-refractivity contribution is -0.138. The van der Waals surface area contributed by atoms with Gasteiger partial charge < -0.3 is 19.5 Å². The van der Waals surface area contributed by atoms with E-state index in [1.165, 1.54) is 0 Å². The number of ether oxygens (including phenoxy) is 2. The highest BCUT2D eigenvalue weighted by atomic mass is 16.5. The normalized spacial score (nSPS) is 15.0. The molecule has 2 aliphatic rings. The van der Waals surface area contributed by atoms with Crippen LogP contribution in [0.2, 0.25) is 0 Å². The van der Waals surface area contributed by atoms with Gasteiger partial charge in [0.05, 0.1) is 25.3 Å². The van der Waals surface area contributed by atoms with Gasteiger partial charge in [0, 0.05) is 37.6 Å². The molecule has 1 aromatic heterocycles. The first kappa shape index (κ1) is 34.8. The predicted molar refractivity (Wildman–Crippen MR) is 180 cm³/mol. The minimum atomic E-state index is -0.679. The van der Waals surface area contributed by atoms with E-state index in [4.69, 9.17) is 9.47 Å². The number of hydrogen-bond donors (Lipinski definition) is 1. The molecule has 3 aromatic rings. The Bertz CT molecular complexity index is 1710. The van der Waals surface area contributed by atoms with Crippen LogP contribution in [-0.2, 0) is 14.3 Å². The largest absolute Gasteiger partial charge is 0.505 e. The molecule has 0 amide bonds. The molecule has 2 fully saturated rings. The monoisotopic (exact) mass is 641 g/mol. The number of esters is 2. The lowest BCUT2D eigenvalue weighted by Crippen LogP contribution is -2.25. The number of nitrogens with zero attached hydrogens (tertiary/aromatic N) is 5. The van der Waals surface area contributed by atoms with Gasteiger partial charge in [-0.3, -0.25) is 9.48 Å². The number of benzene rings is 2. The van der Waals surface area contributed by atoms with Crippen LogP contribution in [0, 0.1) is 13.8 Å². The average molecular weight is 642 g/mol. The molecule has 47 heavy (non-hydrogen) atoms. The number of azo groups is 1. The third kappa shape index (κ3) is 9.71. The van der Waals surface area contributed by atoms with Crippen molar-refractivity contribution in [2.24, 2.45) is 10.2 Å². The third-order valence-corrected chi connectivity index (χ3v) is 7.25. The number of carbonyl (C=O) groups is 2. The molecule has 2 saturated carbocycles. The van der Waals surface area contributed by atoms with Crippen molar-refractivity contribution in [3.05, 3.63) is 105 Å². The van der Waals surface area contributed by atoms with Gasteiger partial charge in [-0.25, -0.2) is 9.59 Å². The lowest BCUT2D eigenvalue weighted by Gasteiger charge is -2.14. The second-order valence-corrected chi connectivity index (χ2v) is 11.8. The molecule has 5 rings (SSSR count). The number of aryl methyl sites for hydroxylation is 2. The number of aromatic nitrogens is 2. The summed E-state index contributed by atoms with van der Waals surface area (Å²) in [7, 11) is 3.69. The van der Waals surface area contributed by atoms with Crippen molar-refractivity contribution in [3.63, 3.8) is 0 Å². The van der Waals surface area contributed by atoms with Crippen molar-refractivity contribution in [3.8, 4) is 11.1 Å². The maximum atomic E-state index is 12.6. The zero-order valence-electron chi connectivity index (χ0n) is 27.9. The lowest BCUT2D eigenvalue weighted by atomic mass is 10.0. The first-order valence-electron chi connectivity index (χ1n) is 15.9. The van der Waals surface area contributed by atoms with E-state index in [0.29, 0.717) is 11.1 Å². The van der Waals surface area contributed by atoms with Crippen LogP contribution < -0.4 is 5.43 Å². The topological polar surface area (TPSA) is 136 Å². The second-order valence-electron chi connectivity index (χ2n) is 11.8. The van der Waals surface area contributed by atoms with E-state index in [-0.39, 0.29) is 47.9 Å². The standard InChI is InChI=1S/C19H25N3O3.C17H18N2O3/c1-5-25-19(24)17(21-20-15-10-11-15)18(23)16(12-22(3)4)14-8-6-13(2)7-9-14;1-3-22-17(21)15-16(20)14(10-19(18-15)13-8-9-13)12-6-4-11(2)5-7-12/h6-9,12,15,23H,5,10-11H2,1-4H3;4-7,10,13H,3,8-9H2,1-2H3/b16-12+,18-17?,21-20?;. The number of rotatable bonds is 11. The van der Waals surface area contributed by atoms with Crippen LogP contribution in [0.1, 0.15) is 72.8 Å². The van der Waals surface area contributed by atoms with E-state index in [2.05, 4.69) is 15.3 Å². The Balaban J connectivity index is 0.000000214. The number of carbonyl (C=O) groups excluding carboxylic acids is 2. The Kier molecular flexibility index (Phi) is 11.8. The second kappa shape index (κ2) is 16.0. The van der Waals surface area contributed by atoms with Crippen molar-refractivity contribution in [1.82, 2.24) is 14.7 Å². The fourth-order valence-corrected chi connectivity index (χ4v) is 4.41. The van der Waals surface area contributed by atoms with Crippen molar-refractivity contribution < 1.29 is 24.2 Å². The van der Waals surface area contributed by atoms with Gasteiger partial charge in [0.2, 0.25) is 16.8 Å². The van der Waals surface area contributed by atoms with Crippen LogP contribution in [0.4, 0.5) is 0 Å². The van der Waals surface area contributed by atoms with Crippen LogP contribution >= 0.6 is 0 Å². The molecule has 2 aliphatic carbocycles. The summed E-state index contributed by atoms with van der Waals surface area (Å²) in [5.41, 5.74) is 4.10. The van der Waals surface area contributed by atoms with Gasteiger partial charge in [0.1, 0.15) is 0 Å². The smallest absolute Gasteiger partial charge is 0.362 e. The molecule has 0 bridgehead atoms. The molecule has 0 aliphatic heterocycles. The van der Waals surface area contributed by atoms with Gasteiger partial charge in [0.15, 0.2) is 5.76 Å². The molecule has 0 atom stereocenters. The zero-order valence-corrected chi connectivity index (χ0v) is 27.9. The van der Waals surface area contributed by atoms with E-state index in [9.17, 15) is 19.5 Å². The third-order valence-electron chi connectivity index (χ3n) is 7.25. The van der Waals surface area contributed by atoms with Gasteiger partial charge in [-0.05, 0) is 64.5 Å². The van der Waals surface area contributed by atoms with Crippen LogP contribution in [0.5, 0.6) is 0 Å². The summed E-state index contributed by atoms with van der Waals surface area (Å²) in [4.78, 5) is 38.6. The minimum absolute atomic E-state index is 0.133. The highest BCUT2D eigenvalue weighted by Gasteiger charge is 2.28. The van der Waals surface area contributed by atoms with Crippen LogP contribution in [0.25, 0.3) is 16.7 Å². The molecule has 11 heteroatoms. The first-order chi connectivity index (χ1) is 22.5. The van der Waals surface area contributed by atoms with Crippen molar-refractivity contribution in [1.29, 1.82) is 0 Å². The molecule has 2 aromatic carbocycles. The summed E-state index contributed by atoms with van der Waals surface area (Å²) < 4.78 is 11.7. The van der Waals surface area contributed by atoms with Gasteiger partial charge in [-0.1, -0.05) is 59.7 Å². The highest BCUT2D eigenvalue weighted by molar-refractivity contribution is 5.93. The Morgan fingerprint density at radius 1 is 0.957 bits per heavy atom. The number of aliphatic hydroxyl groups excluding tert-OH is 1. The highest BCUT2D eigenvalue weighted by Crippen LogP contribution is 2.34. The van der Waals surface area contributed by atoms with Gasteiger partial charge >= 0.3 is 11.9 Å². The summed E-state index contributed by atoms with van der Waals surface area (Å²) in [5, 5.41) is 23.1. The SMILES string of the molecule is CCOC(=O)C(N=NC1CC1)=C(O)/C(=C/N(C)C)c1ccc(C)cc1.CCOC(=O)c1nn(C2CC2)cc(-c2ccc(C)cc2)c1=O. The molecule has 11 nitrogen and oxygen atoms in total. The Labute approximate surface area is 275 Å². The van der Waals surface area contributed by atoms with Crippen LogP contribution in [0.15, 0.2) is 87.4 Å². The molecule has 1 N–H and O–H groups in total.